The van der Waals surface area contributed by atoms with E-state index in [0.717, 1.165) is 17.0 Å². The molecular formula is C16H26N2O2. The summed E-state index contributed by atoms with van der Waals surface area (Å²) >= 11 is 0. The molecule has 1 heterocycles. The van der Waals surface area contributed by atoms with Crippen LogP contribution in [0.3, 0.4) is 0 Å². The third-order valence-corrected chi connectivity index (χ3v) is 3.57. The summed E-state index contributed by atoms with van der Waals surface area (Å²) in [7, 11) is 1.42. The first-order valence-electron chi connectivity index (χ1n) is 7.06. The monoisotopic (exact) mass is 278 g/mol. The predicted molar refractivity (Wildman–Crippen MR) is 80.6 cm³/mol. The Labute approximate surface area is 121 Å². The molecule has 1 unspecified atom stereocenters. The second kappa shape index (κ2) is 6.84. The zero-order valence-corrected chi connectivity index (χ0v) is 13.6. The normalized spacial score (nSPS) is 14.2. The van der Waals surface area contributed by atoms with E-state index < -0.39 is 0 Å². The first-order valence-corrected chi connectivity index (χ1v) is 7.06. The number of nitrogens with zero attached hydrogens (tertiary/aromatic N) is 1. The van der Waals surface area contributed by atoms with Gasteiger partial charge >= 0.3 is 5.97 Å². The first-order chi connectivity index (χ1) is 9.27. The Morgan fingerprint density at radius 3 is 2.30 bits per heavy atom. The quantitative estimate of drug-likeness (QED) is 0.841. The number of esters is 1. The van der Waals surface area contributed by atoms with Gasteiger partial charge in [-0.1, -0.05) is 13.8 Å². The molecule has 0 aliphatic heterocycles. The Morgan fingerprint density at radius 1 is 1.25 bits per heavy atom. The second-order valence-electron chi connectivity index (χ2n) is 5.71. The van der Waals surface area contributed by atoms with E-state index in [1.165, 1.54) is 12.7 Å². The van der Waals surface area contributed by atoms with E-state index in [1.807, 2.05) is 27.7 Å². The molecule has 112 valence electrons. The third-order valence-electron chi connectivity index (χ3n) is 3.57. The van der Waals surface area contributed by atoms with Gasteiger partial charge in [0.15, 0.2) is 0 Å². The molecule has 1 aromatic heterocycles. The number of carbonyl (C=O) groups excluding carboxylic acids is 1. The van der Waals surface area contributed by atoms with Crippen molar-refractivity contribution in [3.8, 4) is 0 Å². The van der Waals surface area contributed by atoms with Gasteiger partial charge in [-0.25, -0.2) is 0 Å². The van der Waals surface area contributed by atoms with E-state index in [9.17, 15) is 4.79 Å². The van der Waals surface area contributed by atoms with Crippen molar-refractivity contribution in [2.75, 3.05) is 7.11 Å². The Morgan fingerprint density at radius 2 is 1.85 bits per heavy atom. The number of nitrogens with one attached hydrogen (secondary N) is 1. The fourth-order valence-electron chi connectivity index (χ4n) is 2.70. The average molecular weight is 278 g/mol. The van der Waals surface area contributed by atoms with Crippen LogP contribution in [-0.4, -0.2) is 24.1 Å². The molecule has 1 aromatic rings. The summed E-state index contributed by atoms with van der Waals surface area (Å²) < 4.78 is 4.87. The van der Waals surface area contributed by atoms with E-state index >= 15 is 0 Å². The van der Waals surface area contributed by atoms with Gasteiger partial charge in [-0.05, 0) is 50.8 Å². The van der Waals surface area contributed by atoms with Crippen LogP contribution in [0.2, 0.25) is 0 Å². The average Bonchev–Trinajstić information content (AvgIpc) is 2.33. The number of rotatable bonds is 5. The van der Waals surface area contributed by atoms with E-state index in [0.29, 0.717) is 0 Å². The van der Waals surface area contributed by atoms with Gasteiger partial charge in [0.05, 0.1) is 7.11 Å². The van der Waals surface area contributed by atoms with Crippen LogP contribution in [0.15, 0.2) is 6.07 Å². The molecule has 0 radical (unpaired) electrons. The van der Waals surface area contributed by atoms with Crippen LogP contribution in [0, 0.1) is 26.7 Å². The standard InChI is InChI=1S/C16H26N2O2/c1-9(2)15(16(19)20-7)18-13(6)14-10(3)8-11(4)17-12(14)5/h8-9,13,15,18H,1-7H3/t13?,15-/m0/s1. The van der Waals surface area contributed by atoms with Gasteiger partial charge in [0.1, 0.15) is 6.04 Å². The Balaban J connectivity index is 3.00. The number of hydrogen-bond acceptors (Lipinski definition) is 4. The summed E-state index contributed by atoms with van der Waals surface area (Å²) in [6.45, 7) is 12.2. The fourth-order valence-corrected chi connectivity index (χ4v) is 2.70. The lowest BCUT2D eigenvalue weighted by molar-refractivity contribution is -0.144. The lowest BCUT2D eigenvalue weighted by atomic mass is 9.97. The van der Waals surface area contributed by atoms with Gasteiger partial charge in [-0.15, -0.1) is 0 Å². The van der Waals surface area contributed by atoms with Gasteiger partial charge in [-0.3, -0.25) is 15.1 Å². The number of carbonyl (C=O) groups is 1. The molecule has 4 nitrogen and oxygen atoms in total. The summed E-state index contributed by atoms with van der Waals surface area (Å²) in [5.74, 6) is -0.0499. The highest BCUT2D eigenvalue weighted by molar-refractivity contribution is 5.76. The molecule has 0 aliphatic carbocycles. The Kier molecular flexibility index (Phi) is 5.69. The van der Waals surface area contributed by atoms with Crippen molar-refractivity contribution in [2.45, 2.75) is 53.6 Å². The number of aryl methyl sites for hydroxylation is 3. The molecular weight excluding hydrogens is 252 g/mol. The number of aromatic nitrogens is 1. The van der Waals surface area contributed by atoms with Crippen LogP contribution in [-0.2, 0) is 9.53 Å². The molecule has 0 bridgehead atoms. The van der Waals surface area contributed by atoms with E-state index in [4.69, 9.17) is 4.74 Å². The molecule has 1 N–H and O–H groups in total. The minimum absolute atomic E-state index is 0.0506. The predicted octanol–water partition coefficient (Wildman–Crippen LogP) is 2.86. The lowest BCUT2D eigenvalue weighted by Crippen LogP contribution is -2.43. The minimum atomic E-state index is -0.310. The summed E-state index contributed by atoms with van der Waals surface area (Å²) in [4.78, 5) is 16.4. The molecule has 4 heteroatoms. The highest BCUT2D eigenvalue weighted by atomic mass is 16.5. The zero-order valence-electron chi connectivity index (χ0n) is 13.6. The second-order valence-corrected chi connectivity index (χ2v) is 5.71. The maximum Gasteiger partial charge on any atom is 0.323 e. The van der Waals surface area contributed by atoms with Crippen molar-refractivity contribution >= 4 is 5.97 Å². The maximum atomic E-state index is 11.8. The van der Waals surface area contributed by atoms with Crippen molar-refractivity contribution in [3.05, 3.63) is 28.6 Å². The summed E-state index contributed by atoms with van der Waals surface area (Å²) in [6.07, 6.45) is 0. The van der Waals surface area contributed by atoms with E-state index in [2.05, 4.69) is 30.2 Å². The molecule has 0 amide bonds. The highest BCUT2D eigenvalue weighted by Gasteiger charge is 2.26. The summed E-state index contributed by atoms with van der Waals surface area (Å²) in [5, 5.41) is 3.37. The lowest BCUT2D eigenvalue weighted by Gasteiger charge is -2.26. The number of ether oxygens (including phenoxy) is 1. The van der Waals surface area contributed by atoms with Crippen LogP contribution >= 0.6 is 0 Å². The van der Waals surface area contributed by atoms with Crippen molar-refractivity contribution in [1.29, 1.82) is 0 Å². The van der Waals surface area contributed by atoms with Gasteiger partial charge in [0.25, 0.3) is 0 Å². The molecule has 2 atom stereocenters. The smallest absolute Gasteiger partial charge is 0.323 e. The van der Waals surface area contributed by atoms with Crippen LogP contribution in [0.5, 0.6) is 0 Å². The molecule has 0 saturated heterocycles. The fraction of sp³-hybridized carbons (Fsp3) is 0.625. The molecule has 0 aliphatic rings. The largest absolute Gasteiger partial charge is 0.468 e. The van der Waals surface area contributed by atoms with Gasteiger partial charge in [-0.2, -0.15) is 0 Å². The van der Waals surface area contributed by atoms with E-state index in [-0.39, 0.29) is 24.0 Å². The van der Waals surface area contributed by atoms with Crippen molar-refractivity contribution in [1.82, 2.24) is 10.3 Å². The van der Waals surface area contributed by atoms with E-state index in [1.54, 1.807) is 0 Å². The topological polar surface area (TPSA) is 51.2 Å². The molecule has 1 rings (SSSR count). The van der Waals surface area contributed by atoms with Crippen molar-refractivity contribution < 1.29 is 9.53 Å². The van der Waals surface area contributed by atoms with Crippen LogP contribution in [0.25, 0.3) is 0 Å². The number of pyridine rings is 1. The highest BCUT2D eigenvalue weighted by Crippen LogP contribution is 2.22. The van der Waals surface area contributed by atoms with Gasteiger partial charge < -0.3 is 4.74 Å². The Hall–Kier alpha value is -1.42. The van der Waals surface area contributed by atoms with Crippen molar-refractivity contribution in [3.63, 3.8) is 0 Å². The number of methoxy groups -OCH3 is 1. The SMILES string of the molecule is COC(=O)[C@@H](NC(C)c1c(C)cc(C)nc1C)C(C)C. The molecule has 0 saturated carbocycles. The molecule has 0 aromatic carbocycles. The maximum absolute atomic E-state index is 11.8. The minimum Gasteiger partial charge on any atom is -0.468 e. The van der Waals surface area contributed by atoms with Gasteiger partial charge in [0.2, 0.25) is 0 Å². The molecule has 20 heavy (non-hydrogen) atoms. The molecule has 0 spiro atoms. The molecule has 0 fully saturated rings. The van der Waals surface area contributed by atoms with Crippen LogP contribution in [0.1, 0.15) is 49.3 Å². The third kappa shape index (κ3) is 3.79. The zero-order chi connectivity index (χ0) is 15.4. The summed E-state index contributed by atoms with van der Waals surface area (Å²) in [5.41, 5.74) is 4.38. The van der Waals surface area contributed by atoms with Crippen LogP contribution in [0.4, 0.5) is 0 Å². The van der Waals surface area contributed by atoms with Crippen LogP contribution < -0.4 is 5.32 Å². The van der Waals surface area contributed by atoms with Gasteiger partial charge in [0, 0.05) is 17.4 Å². The first kappa shape index (κ1) is 16.6. The summed E-state index contributed by atoms with van der Waals surface area (Å²) in [6, 6.07) is 1.81. The Bertz CT molecular complexity index is 460. The van der Waals surface area contributed by atoms with Crippen molar-refractivity contribution in [2.24, 2.45) is 5.92 Å². The number of hydrogen-bond donors (Lipinski definition) is 1.